The van der Waals surface area contributed by atoms with E-state index in [9.17, 15) is 0 Å². The zero-order valence-corrected chi connectivity index (χ0v) is 9.11. The lowest BCUT2D eigenvalue weighted by Crippen LogP contribution is -1.84. The second-order valence-electron chi connectivity index (χ2n) is 1.29. The average Bonchev–Trinajstić information content (AvgIpc) is 1.86. The van der Waals surface area contributed by atoms with Crippen LogP contribution in [0, 0.1) is 0 Å². The van der Waals surface area contributed by atoms with Crippen LogP contribution in [0.1, 0.15) is 13.8 Å². The van der Waals surface area contributed by atoms with Crippen molar-refractivity contribution < 1.29 is 33.4 Å². The molecule has 0 rings (SSSR count). The monoisotopic (exact) mass is 236 g/mol. The SMILES string of the molecule is CCOCC.O=[P+](O)O.O=[P+](O)O. The van der Waals surface area contributed by atoms with Gasteiger partial charge in [-0.15, -0.1) is 19.6 Å². The topological polar surface area (TPSA) is 124 Å². The predicted molar refractivity (Wildman–Crippen MR) is 46.3 cm³/mol. The Labute approximate surface area is 77.9 Å². The fourth-order valence-corrected chi connectivity index (χ4v) is 0.204. The highest BCUT2D eigenvalue weighted by Crippen LogP contribution is 1.98. The molecule has 4 N–H and O–H groups in total. The second-order valence-corrected chi connectivity index (χ2v) is 2.30. The normalized spacial score (nSPS) is 7.23. The van der Waals surface area contributed by atoms with Crippen LogP contribution in [0.3, 0.4) is 0 Å². The molecule has 0 radical (unpaired) electrons. The van der Waals surface area contributed by atoms with E-state index in [4.69, 9.17) is 33.4 Å². The van der Waals surface area contributed by atoms with Crippen molar-refractivity contribution in [3.63, 3.8) is 0 Å². The average molecular weight is 236 g/mol. The summed E-state index contributed by atoms with van der Waals surface area (Å²) in [5.74, 6) is 0. The van der Waals surface area contributed by atoms with Gasteiger partial charge in [-0.25, -0.2) is 0 Å². The van der Waals surface area contributed by atoms with Gasteiger partial charge in [-0.3, -0.25) is 0 Å². The third kappa shape index (κ3) is 300. The van der Waals surface area contributed by atoms with Gasteiger partial charge in [-0.1, -0.05) is 0 Å². The van der Waals surface area contributed by atoms with Crippen LogP contribution in [-0.2, 0) is 13.9 Å². The van der Waals surface area contributed by atoms with Gasteiger partial charge < -0.3 is 4.74 Å². The van der Waals surface area contributed by atoms with Gasteiger partial charge >= 0.3 is 16.5 Å². The molecule has 0 aliphatic rings. The van der Waals surface area contributed by atoms with Crippen LogP contribution in [0.5, 0.6) is 0 Å². The lowest BCUT2D eigenvalue weighted by atomic mass is 10.8. The van der Waals surface area contributed by atoms with E-state index in [-0.39, 0.29) is 0 Å². The van der Waals surface area contributed by atoms with E-state index in [1.54, 1.807) is 0 Å². The Hall–Kier alpha value is -0.0000000000000000416. The summed E-state index contributed by atoms with van der Waals surface area (Å²) in [7, 11) is -5.74. The van der Waals surface area contributed by atoms with E-state index in [0.29, 0.717) is 0 Å². The third-order valence-corrected chi connectivity index (χ3v) is 0.408. The van der Waals surface area contributed by atoms with Crippen molar-refractivity contribution in [2.45, 2.75) is 13.8 Å². The summed E-state index contributed by atoms with van der Waals surface area (Å²) in [6, 6.07) is 0. The highest BCUT2D eigenvalue weighted by Gasteiger charge is 1.93. The molecule has 13 heavy (non-hydrogen) atoms. The Kier molecular flexibility index (Phi) is 25.8. The second kappa shape index (κ2) is 17.9. The molecule has 0 aliphatic carbocycles. The number of hydrogen-bond acceptors (Lipinski definition) is 3. The van der Waals surface area contributed by atoms with Crippen LogP contribution < -0.4 is 0 Å². The van der Waals surface area contributed by atoms with Crippen molar-refractivity contribution in [3.05, 3.63) is 0 Å². The molecule has 0 fully saturated rings. The molecule has 0 saturated carbocycles. The smallest absolute Gasteiger partial charge is 0.382 e. The van der Waals surface area contributed by atoms with Crippen molar-refractivity contribution in [1.29, 1.82) is 0 Å². The Morgan fingerprint density at radius 3 is 1.08 bits per heavy atom. The summed E-state index contributed by atoms with van der Waals surface area (Å²) in [5.41, 5.74) is 0. The minimum Gasteiger partial charge on any atom is -0.382 e. The van der Waals surface area contributed by atoms with Crippen LogP contribution in [0.4, 0.5) is 0 Å². The molecule has 0 heterocycles. The standard InChI is InChI=1S/C4H10O.2HO3P/c1-3-5-4-2;2*1-4(2)3/h3-4H2,1-2H3;2*(H-,1,2,3)/p+2. The van der Waals surface area contributed by atoms with Crippen LogP contribution in [0.15, 0.2) is 0 Å². The molecule has 9 heteroatoms. The highest BCUT2D eigenvalue weighted by molar-refractivity contribution is 7.31. The quantitative estimate of drug-likeness (QED) is 0.508. The molecular weight excluding hydrogens is 222 g/mol. The summed E-state index contributed by atoms with van der Waals surface area (Å²) < 4.78 is 22.2. The molecular formula is C4H14O7P2+2. The van der Waals surface area contributed by atoms with Crippen LogP contribution >= 0.6 is 16.5 Å². The molecule has 0 unspecified atom stereocenters. The first-order valence-electron chi connectivity index (χ1n) is 3.16. The fraction of sp³-hybridized carbons (Fsp3) is 1.00. The largest absolute Gasteiger partial charge is 0.692 e. The molecule has 0 aromatic carbocycles. The molecule has 0 aliphatic heterocycles. The van der Waals surface area contributed by atoms with E-state index in [1.807, 2.05) is 13.8 Å². The maximum Gasteiger partial charge on any atom is 0.692 e. The molecule has 80 valence electrons. The van der Waals surface area contributed by atoms with E-state index in [0.717, 1.165) is 13.2 Å². The molecule has 0 bridgehead atoms. The van der Waals surface area contributed by atoms with E-state index < -0.39 is 16.5 Å². The van der Waals surface area contributed by atoms with Gasteiger partial charge in [0.15, 0.2) is 0 Å². The molecule has 0 saturated heterocycles. The summed E-state index contributed by atoms with van der Waals surface area (Å²) in [6.07, 6.45) is 0. The van der Waals surface area contributed by atoms with Crippen molar-refractivity contribution >= 4 is 16.5 Å². The Morgan fingerprint density at radius 2 is 1.08 bits per heavy atom. The van der Waals surface area contributed by atoms with E-state index in [2.05, 4.69) is 0 Å². The molecule has 0 atom stereocenters. The van der Waals surface area contributed by atoms with Crippen molar-refractivity contribution in [2.24, 2.45) is 0 Å². The van der Waals surface area contributed by atoms with Crippen molar-refractivity contribution in [1.82, 2.24) is 0 Å². The van der Waals surface area contributed by atoms with Crippen LogP contribution in [0.25, 0.3) is 0 Å². The number of hydrogen-bond donors (Lipinski definition) is 4. The Morgan fingerprint density at radius 1 is 0.923 bits per heavy atom. The maximum atomic E-state index is 8.70. The Balaban J connectivity index is -0.000000117. The highest BCUT2D eigenvalue weighted by atomic mass is 31.1. The first-order valence-corrected chi connectivity index (χ1v) is 5.49. The van der Waals surface area contributed by atoms with Gasteiger partial charge in [0.05, 0.1) is 0 Å². The fourth-order valence-electron chi connectivity index (χ4n) is 0.204. The molecule has 7 nitrogen and oxygen atoms in total. The molecule has 0 aromatic heterocycles. The van der Waals surface area contributed by atoms with Gasteiger partial charge in [-0.2, -0.15) is 0 Å². The summed E-state index contributed by atoms with van der Waals surface area (Å²) in [5, 5.41) is 0. The summed E-state index contributed by atoms with van der Waals surface area (Å²) in [6.45, 7) is 5.67. The predicted octanol–water partition coefficient (Wildman–Crippen LogP) is 0.300. The van der Waals surface area contributed by atoms with Gasteiger partial charge in [0, 0.05) is 22.3 Å². The van der Waals surface area contributed by atoms with E-state index >= 15 is 0 Å². The van der Waals surface area contributed by atoms with Gasteiger partial charge in [0.25, 0.3) is 0 Å². The zero-order chi connectivity index (χ0) is 11.3. The van der Waals surface area contributed by atoms with Crippen molar-refractivity contribution in [3.8, 4) is 0 Å². The number of rotatable bonds is 2. The van der Waals surface area contributed by atoms with Gasteiger partial charge in [0.2, 0.25) is 0 Å². The minimum atomic E-state index is -2.87. The maximum absolute atomic E-state index is 8.70. The van der Waals surface area contributed by atoms with Crippen LogP contribution in [-0.4, -0.2) is 32.8 Å². The molecule has 0 amide bonds. The summed E-state index contributed by atoms with van der Waals surface area (Å²) >= 11 is 0. The Bertz CT molecular complexity index is 106. The first kappa shape index (κ1) is 18.7. The minimum absolute atomic E-state index is 0.844. The lowest BCUT2D eigenvalue weighted by Gasteiger charge is -1.86. The van der Waals surface area contributed by atoms with Gasteiger partial charge in [0.1, 0.15) is 0 Å². The van der Waals surface area contributed by atoms with Crippen LogP contribution in [0.2, 0.25) is 0 Å². The number of ether oxygens (including phenoxy) is 1. The van der Waals surface area contributed by atoms with E-state index in [1.165, 1.54) is 0 Å². The lowest BCUT2D eigenvalue weighted by molar-refractivity contribution is 0.162. The molecule has 0 spiro atoms. The van der Waals surface area contributed by atoms with Crippen molar-refractivity contribution in [2.75, 3.05) is 13.2 Å². The first-order chi connectivity index (χ1) is 5.88. The third-order valence-electron chi connectivity index (χ3n) is 0.408. The summed E-state index contributed by atoms with van der Waals surface area (Å²) in [4.78, 5) is 28.5. The molecule has 0 aromatic rings. The van der Waals surface area contributed by atoms with Gasteiger partial charge in [-0.05, 0) is 13.8 Å². The zero-order valence-electron chi connectivity index (χ0n) is 7.32.